The number of rotatable bonds is 4. The van der Waals surface area contributed by atoms with Gasteiger partial charge in [-0.25, -0.2) is 4.79 Å². The predicted molar refractivity (Wildman–Crippen MR) is 72.4 cm³/mol. The van der Waals surface area contributed by atoms with Gasteiger partial charge in [-0.2, -0.15) is 0 Å². The Balaban J connectivity index is 2.18. The summed E-state index contributed by atoms with van der Waals surface area (Å²) in [7, 11) is 0. The van der Waals surface area contributed by atoms with Gasteiger partial charge >= 0.3 is 5.97 Å². The fourth-order valence-electron chi connectivity index (χ4n) is 2.05. The van der Waals surface area contributed by atoms with Crippen molar-refractivity contribution in [3.63, 3.8) is 0 Å². The van der Waals surface area contributed by atoms with E-state index in [1.807, 2.05) is 6.07 Å². The third-order valence-corrected chi connectivity index (χ3v) is 3.65. The number of anilines is 1. The van der Waals surface area contributed by atoms with Crippen LogP contribution < -0.4 is 10.6 Å². The highest BCUT2D eigenvalue weighted by molar-refractivity contribution is 5.98. The standard InChI is InChI=1S/C14H18N2O3/c1-3-14(2,13(18)19)16-12(17)10-5-4-9-6-7-15-11(9)8-10/h4-5,8,15H,3,6-7H2,1-2H3,(H,16,17)(H,18,19). The van der Waals surface area contributed by atoms with Crippen LogP contribution in [-0.2, 0) is 11.2 Å². The number of amides is 1. The first-order valence-corrected chi connectivity index (χ1v) is 6.39. The minimum atomic E-state index is -1.23. The molecule has 1 aromatic rings. The lowest BCUT2D eigenvalue weighted by molar-refractivity contribution is -0.143. The fraction of sp³-hybridized carbons (Fsp3) is 0.429. The van der Waals surface area contributed by atoms with Crippen LogP contribution in [0.25, 0.3) is 0 Å². The molecule has 1 heterocycles. The Hall–Kier alpha value is -2.04. The van der Waals surface area contributed by atoms with Crippen LogP contribution >= 0.6 is 0 Å². The highest BCUT2D eigenvalue weighted by Crippen LogP contribution is 2.23. The molecule has 0 saturated heterocycles. The second kappa shape index (κ2) is 4.91. The molecule has 1 amide bonds. The van der Waals surface area contributed by atoms with Crippen LogP contribution in [0.15, 0.2) is 18.2 Å². The van der Waals surface area contributed by atoms with E-state index in [1.165, 1.54) is 12.5 Å². The summed E-state index contributed by atoms with van der Waals surface area (Å²) in [4.78, 5) is 23.3. The fourth-order valence-corrected chi connectivity index (χ4v) is 2.05. The summed E-state index contributed by atoms with van der Waals surface area (Å²) >= 11 is 0. The third-order valence-electron chi connectivity index (χ3n) is 3.65. The van der Waals surface area contributed by atoms with Crippen molar-refractivity contribution in [1.29, 1.82) is 0 Å². The molecule has 0 fully saturated rings. The van der Waals surface area contributed by atoms with E-state index >= 15 is 0 Å². The SMILES string of the molecule is CCC(C)(NC(=O)c1ccc2c(c1)NCC2)C(=O)O. The predicted octanol–water partition coefficient (Wildman–Crippen LogP) is 1.64. The van der Waals surface area contributed by atoms with Crippen LogP contribution in [0.3, 0.4) is 0 Å². The Morgan fingerprint density at radius 2 is 2.21 bits per heavy atom. The second-order valence-electron chi connectivity index (χ2n) is 4.99. The summed E-state index contributed by atoms with van der Waals surface area (Å²) in [5.74, 6) is -1.38. The highest BCUT2D eigenvalue weighted by Gasteiger charge is 2.33. The van der Waals surface area contributed by atoms with Gasteiger partial charge in [0.2, 0.25) is 0 Å². The van der Waals surface area contributed by atoms with E-state index in [0.29, 0.717) is 12.0 Å². The lowest BCUT2D eigenvalue weighted by Gasteiger charge is -2.24. The molecule has 1 unspecified atom stereocenters. The normalized spacial score (nSPS) is 16.1. The largest absolute Gasteiger partial charge is 0.480 e. The molecule has 3 N–H and O–H groups in total. The van der Waals surface area contributed by atoms with E-state index < -0.39 is 11.5 Å². The number of carbonyl (C=O) groups excluding carboxylic acids is 1. The molecular formula is C14H18N2O3. The number of nitrogens with one attached hydrogen (secondary N) is 2. The zero-order valence-corrected chi connectivity index (χ0v) is 11.1. The summed E-state index contributed by atoms with van der Waals surface area (Å²) in [6.07, 6.45) is 1.29. The first-order chi connectivity index (χ1) is 8.96. The molecule has 0 aliphatic carbocycles. The summed E-state index contributed by atoms with van der Waals surface area (Å²) < 4.78 is 0. The molecule has 102 valence electrons. The van der Waals surface area contributed by atoms with E-state index in [-0.39, 0.29) is 5.91 Å². The molecule has 1 aliphatic heterocycles. The number of benzene rings is 1. The van der Waals surface area contributed by atoms with Gasteiger partial charge in [0.15, 0.2) is 0 Å². The van der Waals surface area contributed by atoms with Crippen LogP contribution in [0.4, 0.5) is 5.69 Å². The Kier molecular flexibility index (Phi) is 3.46. The molecule has 1 aromatic carbocycles. The van der Waals surface area contributed by atoms with E-state index in [4.69, 9.17) is 5.11 Å². The lowest BCUT2D eigenvalue weighted by atomic mass is 9.98. The minimum absolute atomic E-state index is 0.331. The number of carboxylic acids is 1. The summed E-state index contributed by atoms with van der Waals surface area (Å²) in [5.41, 5.74) is 1.40. The van der Waals surface area contributed by atoms with Gasteiger partial charge < -0.3 is 15.7 Å². The number of carboxylic acid groups (broad SMARTS) is 1. The van der Waals surface area contributed by atoms with Gasteiger partial charge in [-0.3, -0.25) is 4.79 Å². The molecule has 2 rings (SSSR count). The van der Waals surface area contributed by atoms with Crippen LogP contribution in [0.1, 0.15) is 36.2 Å². The lowest BCUT2D eigenvalue weighted by Crippen LogP contribution is -2.51. The van der Waals surface area contributed by atoms with Crippen LogP contribution in [0.5, 0.6) is 0 Å². The molecule has 0 radical (unpaired) electrons. The van der Waals surface area contributed by atoms with Crippen molar-refractivity contribution in [3.05, 3.63) is 29.3 Å². The van der Waals surface area contributed by atoms with Gasteiger partial charge in [-0.1, -0.05) is 13.0 Å². The van der Waals surface area contributed by atoms with Gasteiger partial charge in [0, 0.05) is 17.8 Å². The first-order valence-electron chi connectivity index (χ1n) is 6.39. The first kappa shape index (κ1) is 13.4. The van der Waals surface area contributed by atoms with E-state index in [9.17, 15) is 9.59 Å². The smallest absolute Gasteiger partial charge is 0.329 e. The number of fused-ring (bicyclic) bond motifs is 1. The van der Waals surface area contributed by atoms with E-state index in [2.05, 4.69) is 10.6 Å². The third kappa shape index (κ3) is 2.54. The maximum Gasteiger partial charge on any atom is 0.329 e. The number of carbonyl (C=O) groups is 2. The minimum Gasteiger partial charge on any atom is -0.480 e. The molecule has 19 heavy (non-hydrogen) atoms. The number of hydrogen-bond donors (Lipinski definition) is 3. The summed E-state index contributed by atoms with van der Waals surface area (Å²) in [5, 5.41) is 14.9. The monoisotopic (exact) mass is 262 g/mol. The average Bonchev–Trinajstić information content (AvgIpc) is 2.85. The van der Waals surface area contributed by atoms with Gasteiger partial charge in [0.05, 0.1) is 0 Å². The quantitative estimate of drug-likeness (QED) is 0.770. The van der Waals surface area contributed by atoms with Crippen molar-refractivity contribution >= 4 is 17.6 Å². The Labute approximate surface area is 112 Å². The van der Waals surface area contributed by atoms with Crippen molar-refractivity contribution in [3.8, 4) is 0 Å². The van der Waals surface area contributed by atoms with Crippen LogP contribution in [0.2, 0.25) is 0 Å². The molecule has 0 saturated carbocycles. The van der Waals surface area contributed by atoms with Crippen LogP contribution in [-0.4, -0.2) is 29.1 Å². The molecule has 5 heteroatoms. The van der Waals surface area contributed by atoms with Crippen molar-refractivity contribution in [1.82, 2.24) is 5.32 Å². The molecule has 1 atom stereocenters. The van der Waals surface area contributed by atoms with Crippen LogP contribution in [0, 0.1) is 0 Å². The second-order valence-corrected chi connectivity index (χ2v) is 4.99. The number of hydrogen-bond acceptors (Lipinski definition) is 3. The van der Waals surface area contributed by atoms with Gasteiger partial charge in [0.1, 0.15) is 5.54 Å². The Morgan fingerprint density at radius 3 is 2.84 bits per heavy atom. The zero-order valence-electron chi connectivity index (χ0n) is 11.1. The maximum absolute atomic E-state index is 12.1. The summed E-state index contributed by atoms with van der Waals surface area (Å²) in [6, 6.07) is 5.42. The Morgan fingerprint density at radius 1 is 1.47 bits per heavy atom. The van der Waals surface area contributed by atoms with E-state index in [0.717, 1.165) is 18.7 Å². The average molecular weight is 262 g/mol. The zero-order chi connectivity index (χ0) is 14.0. The molecule has 0 aromatic heterocycles. The van der Waals surface area contributed by atoms with Crippen molar-refractivity contribution < 1.29 is 14.7 Å². The molecule has 0 bridgehead atoms. The number of aliphatic carboxylic acids is 1. The topological polar surface area (TPSA) is 78.4 Å². The maximum atomic E-state index is 12.1. The molecule has 1 aliphatic rings. The highest BCUT2D eigenvalue weighted by atomic mass is 16.4. The van der Waals surface area contributed by atoms with E-state index in [1.54, 1.807) is 19.1 Å². The molecule has 5 nitrogen and oxygen atoms in total. The van der Waals surface area contributed by atoms with Gasteiger partial charge in [-0.15, -0.1) is 0 Å². The molecule has 0 spiro atoms. The molecular weight excluding hydrogens is 244 g/mol. The van der Waals surface area contributed by atoms with Crippen molar-refractivity contribution in [2.75, 3.05) is 11.9 Å². The van der Waals surface area contributed by atoms with Crippen molar-refractivity contribution in [2.45, 2.75) is 32.2 Å². The van der Waals surface area contributed by atoms with Gasteiger partial charge in [-0.05, 0) is 37.5 Å². The van der Waals surface area contributed by atoms with Gasteiger partial charge in [0.25, 0.3) is 5.91 Å². The Bertz CT molecular complexity index is 527. The van der Waals surface area contributed by atoms with Crippen molar-refractivity contribution in [2.24, 2.45) is 0 Å². The summed E-state index contributed by atoms with van der Waals surface area (Å²) in [6.45, 7) is 4.12.